The molecule has 0 aromatic heterocycles. The lowest BCUT2D eigenvalue weighted by Gasteiger charge is -2.22. The maximum absolute atomic E-state index is 12.4. The number of benzene rings is 1. The summed E-state index contributed by atoms with van der Waals surface area (Å²) in [7, 11) is 0. The Hall–Kier alpha value is -1.71. The number of amides is 2. The van der Waals surface area contributed by atoms with E-state index in [0.29, 0.717) is 0 Å². The van der Waals surface area contributed by atoms with Gasteiger partial charge in [0.05, 0.1) is 6.61 Å². The fraction of sp³-hybridized carbons (Fsp3) is 0.632. The van der Waals surface area contributed by atoms with Crippen LogP contribution in [-0.2, 0) is 0 Å². The number of rotatable bonds is 5. The second-order valence-corrected chi connectivity index (χ2v) is 6.87. The van der Waals surface area contributed by atoms with Crippen molar-refractivity contribution in [2.45, 2.75) is 45.4 Å². The molecule has 0 bridgehead atoms. The Morgan fingerprint density at radius 2 is 1.83 bits per heavy atom. The highest BCUT2D eigenvalue weighted by molar-refractivity contribution is 5.89. The summed E-state index contributed by atoms with van der Waals surface area (Å²) in [6.07, 6.45) is 7.43. The smallest absolute Gasteiger partial charge is 0.321 e. The van der Waals surface area contributed by atoms with Crippen LogP contribution in [0.2, 0.25) is 0 Å². The Bertz CT molecular complexity index is 501. The zero-order chi connectivity index (χ0) is 16.1. The molecule has 1 aromatic rings. The number of hydrogen-bond donors (Lipinski definition) is 1. The van der Waals surface area contributed by atoms with Gasteiger partial charge in [-0.3, -0.25) is 0 Å². The van der Waals surface area contributed by atoms with E-state index < -0.39 is 0 Å². The monoisotopic (exact) mass is 316 g/mol. The first-order chi connectivity index (χ1) is 11.3. The third-order valence-electron chi connectivity index (χ3n) is 5.14. The molecule has 1 aromatic carbocycles. The fourth-order valence-corrected chi connectivity index (χ4v) is 3.74. The molecule has 23 heavy (non-hydrogen) atoms. The van der Waals surface area contributed by atoms with Gasteiger partial charge in [-0.1, -0.05) is 26.2 Å². The summed E-state index contributed by atoms with van der Waals surface area (Å²) in [6, 6.07) is 7.73. The van der Waals surface area contributed by atoms with E-state index in [1.165, 1.54) is 25.7 Å². The molecule has 1 saturated heterocycles. The van der Waals surface area contributed by atoms with E-state index >= 15 is 0 Å². The minimum Gasteiger partial charge on any atom is -0.494 e. The molecule has 1 N–H and O–H groups in total. The molecule has 4 nitrogen and oxygen atoms in total. The lowest BCUT2D eigenvalue weighted by Crippen LogP contribution is -2.33. The maximum Gasteiger partial charge on any atom is 0.321 e. The van der Waals surface area contributed by atoms with Gasteiger partial charge in [0.25, 0.3) is 0 Å². The number of fused-ring (bicyclic) bond motifs is 1. The molecule has 1 heterocycles. The molecule has 3 rings (SSSR count). The van der Waals surface area contributed by atoms with E-state index in [9.17, 15) is 4.79 Å². The highest BCUT2D eigenvalue weighted by atomic mass is 16.5. The van der Waals surface area contributed by atoms with Gasteiger partial charge in [-0.25, -0.2) is 4.79 Å². The molecule has 2 fully saturated rings. The fourth-order valence-electron chi connectivity index (χ4n) is 3.74. The largest absolute Gasteiger partial charge is 0.494 e. The summed E-state index contributed by atoms with van der Waals surface area (Å²) < 4.78 is 5.65. The summed E-state index contributed by atoms with van der Waals surface area (Å²) in [4.78, 5) is 14.4. The quantitative estimate of drug-likeness (QED) is 0.812. The van der Waals surface area contributed by atoms with Crippen LogP contribution >= 0.6 is 0 Å². The third kappa shape index (κ3) is 4.18. The minimum atomic E-state index is 0.0408. The van der Waals surface area contributed by atoms with Crippen molar-refractivity contribution in [3.05, 3.63) is 24.3 Å². The van der Waals surface area contributed by atoms with Gasteiger partial charge in [-0.15, -0.1) is 0 Å². The molecule has 1 aliphatic carbocycles. The van der Waals surface area contributed by atoms with Gasteiger partial charge in [0, 0.05) is 18.8 Å². The SMILES string of the molecule is CCCCOc1ccc(NC(=O)N2CC3CCCCC3C2)cc1. The van der Waals surface area contributed by atoms with E-state index in [4.69, 9.17) is 4.74 Å². The van der Waals surface area contributed by atoms with E-state index in [1.807, 2.05) is 29.2 Å². The molecule has 1 aliphatic heterocycles. The Labute approximate surface area is 139 Å². The van der Waals surface area contributed by atoms with Crippen molar-refractivity contribution in [2.75, 3.05) is 25.0 Å². The van der Waals surface area contributed by atoms with Gasteiger partial charge in [0.2, 0.25) is 0 Å². The molecule has 2 amide bonds. The van der Waals surface area contributed by atoms with Gasteiger partial charge >= 0.3 is 6.03 Å². The standard InChI is InChI=1S/C19H28N2O2/c1-2-3-12-23-18-10-8-17(9-11-18)20-19(22)21-13-15-6-4-5-7-16(15)14-21/h8-11,15-16H,2-7,12-14H2,1H3,(H,20,22). The maximum atomic E-state index is 12.4. The Morgan fingerprint density at radius 3 is 2.43 bits per heavy atom. The average Bonchev–Trinajstić information content (AvgIpc) is 3.01. The zero-order valence-electron chi connectivity index (χ0n) is 14.1. The second kappa shape index (κ2) is 7.71. The summed E-state index contributed by atoms with van der Waals surface area (Å²) in [5.41, 5.74) is 0.840. The van der Waals surface area contributed by atoms with Crippen LogP contribution in [0.1, 0.15) is 45.4 Å². The molecule has 126 valence electrons. The van der Waals surface area contributed by atoms with Gasteiger partial charge < -0.3 is 15.0 Å². The number of unbranched alkanes of at least 4 members (excludes halogenated alkanes) is 1. The number of hydrogen-bond acceptors (Lipinski definition) is 2. The van der Waals surface area contributed by atoms with Crippen molar-refractivity contribution in [3.63, 3.8) is 0 Å². The zero-order valence-corrected chi connectivity index (χ0v) is 14.1. The first-order valence-corrected chi connectivity index (χ1v) is 9.05. The molecule has 1 saturated carbocycles. The third-order valence-corrected chi connectivity index (χ3v) is 5.14. The molecular formula is C19H28N2O2. The Kier molecular flexibility index (Phi) is 5.42. The lowest BCUT2D eigenvalue weighted by atomic mass is 9.82. The van der Waals surface area contributed by atoms with Gasteiger partial charge in [-0.05, 0) is 55.4 Å². The summed E-state index contributed by atoms with van der Waals surface area (Å²) in [6.45, 7) is 4.75. The number of carbonyl (C=O) groups is 1. The summed E-state index contributed by atoms with van der Waals surface area (Å²) in [5, 5.41) is 3.02. The number of carbonyl (C=O) groups excluding carboxylic acids is 1. The van der Waals surface area contributed by atoms with Crippen LogP contribution in [0.4, 0.5) is 10.5 Å². The van der Waals surface area contributed by atoms with E-state index in [0.717, 1.165) is 55.8 Å². The molecule has 4 heteroatoms. The predicted molar refractivity (Wildman–Crippen MR) is 92.9 cm³/mol. The molecule has 0 spiro atoms. The van der Waals surface area contributed by atoms with Crippen LogP contribution in [0.25, 0.3) is 0 Å². The van der Waals surface area contributed by atoms with Crippen LogP contribution in [0, 0.1) is 11.8 Å². The van der Waals surface area contributed by atoms with Gasteiger partial charge in [0.1, 0.15) is 5.75 Å². The van der Waals surface area contributed by atoms with Crippen molar-refractivity contribution in [1.29, 1.82) is 0 Å². The van der Waals surface area contributed by atoms with Crippen LogP contribution in [-0.4, -0.2) is 30.6 Å². The number of anilines is 1. The van der Waals surface area contributed by atoms with Crippen molar-refractivity contribution in [3.8, 4) is 5.75 Å². The van der Waals surface area contributed by atoms with Gasteiger partial charge in [0.15, 0.2) is 0 Å². The molecule has 2 unspecified atom stereocenters. The van der Waals surface area contributed by atoms with E-state index in [-0.39, 0.29) is 6.03 Å². The van der Waals surface area contributed by atoms with Crippen molar-refractivity contribution in [1.82, 2.24) is 4.90 Å². The van der Waals surface area contributed by atoms with E-state index in [1.54, 1.807) is 0 Å². The normalized spacial score (nSPS) is 23.4. The van der Waals surface area contributed by atoms with Crippen LogP contribution in [0.15, 0.2) is 24.3 Å². The highest BCUT2D eigenvalue weighted by Gasteiger charge is 2.36. The number of nitrogens with zero attached hydrogens (tertiary/aromatic N) is 1. The number of likely N-dealkylation sites (tertiary alicyclic amines) is 1. The topological polar surface area (TPSA) is 41.6 Å². The van der Waals surface area contributed by atoms with Crippen LogP contribution < -0.4 is 10.1 Å². The Balaban J connectivity index is 1.50. The first kappa shape index (κ1) is 16.2. The van der Waals surface area contributed by atoms with E-state index in [2.05, 4.69) is 12.2 Å². The lowest BCUT2D eigenvalue weighted by molar-refractivity contribution is 0.220. The van der Waals surface area contributed by atoms with Crippen molar-refractivity contribution >= 4 is 11.7 Å². The molecular weight excluding hydrogens is 288 g/mol. The molecule has 0 radical (unpaired) electrons. The minimum absolute atomic E-state index is 0.0408. The molecule has 2 aliphatic rings. The predicted octanol–water partition coefficient (Wildman–Crippen LogP) is 4.52. The van der Waals surface area contributed by atoms with Crippen LogP contribution in [0.5, 0.6) is 5.75 Å². The van der Waals surface area contributed by atoms with Crippen molar-refractivity contribution in [2.24, 2.45) is 11.8 Å². The second-order valence-electron chi connectivity index (χ2n) is 6.87. The Morgan fingerprint density at radius 1 is 1.17 bits per heavy atom. The number of urea groups is 1. The number of nitrogens with one attached hydrogen (secondary N) is 1. The number of ether oxygens (including phenoxy) is 1. The van der Waals surface area contributed by atoms with Crippen LogP contribution in [0.3, 0.4) is 0 Å². The average molecular weight is 316 g/mol. The van der Waals surface area contributed by atoms with Gasteiger partial charge in [-0.2, -0.15) is 0 Å². The highest BCUT2D eigenvalue weighted by Crippen LogP contribution is 2.36. The summed E-state index contributed by atoms with van der Waals surface area (Å²) >= 11 is 0. The van der Waals surface area contributed by atoms with Crippen molar-refractivity contribution < 1.29 is 9.53 Å². The first-order valence-electron chi connectivity index (χ1n) is 9.05. The molecule has 2 atom stereocenters. The summed E-state index contributed by atoms with van der Waals surface area (Å²) in [5.74, 6) is 2.32.